The Bertz CT molecular complexity index is 799. The number of thioether (sulfide) groups is 1. The Hall–Kier alpha value is -2.75. The van der Waals surface area contributed by atoms with Gasteiger partial charge >= 0.3 is 12.0 Å². The van der Waals surface area contributed by atoms with Gasteiger partial charge in [0.1, 0.15) is 0 Å². The molecule has 132 valence electrons. The van der Waals surface area contributed by atoms with Gasteiger partial charge in [-0.25, -0.2) is 9.59 Å². The standard InChI is InChI=1S/C15H16N4O5S/c1-3-22-13(20)11-8(2)16-14(21)17-9(11)7-25-15-19-18-12(24-15)10-5-4-6-23-10/h4-6,8H,3,7H2,1-2H3,(H2,16,17,21)/t8-/m1/s1. The number of nitrogens with zero attached hydrogens (tertiary/aromatic N) is 2. The molecule has 3 rings (SSSR count). The fourth-order valence-corrected chi connectivity index (χ4v) is 3.03. The monoisotopic (exact) mass is 364 g/mol. The van der Waals surface area contributed by atoms with Gasteiger partial charge in [-0.05, 0) is 26.0 Å². The van der Waals surface area contributed by atoms with E-state index in [4.69, 9.17) is 13.6 Å². The zero-order valence-electron chi connectivity index (χ0n) is 13.6. The summed E-state index contributed by atoms with van der Waals surface area (Å²) in [5, 5.41) is 13.4. The molecule has 0 spiro atoms. The number of aromatic nitrogens is 2. The van der Waals surface area contributed by atoms with Gasteiger partial charge in [0.15, 0.2) is 5.76 Å². The van der Waals surface area contributed by atoms with Crippen LogP contribution in [0.5, 0.6) is 0 Å². The summed E-state index contributed by atoms with van der Waals surface area (Å²) in [5.41, 5.74) is 0.831. The minimum absolute atomic E-state index is 0.250. The van der Waals surface area contributed by atoms with Gasteiger partial charge in [0.25, 0.3) is 11.1 Å². The molecule has 0 radical (unpaired) electrons. The average Bonchev–Trinajstić information content (AvgIpc) is 3.23. The number of esters is 1. The zero-order chi connectivity index (χ0) is 17.8. The van der Waals surface area contributed by atoms with E-state index in [1.165, 1.54) is 18.0 Å². The second-order valence-corrected chi connectivity index (χ2v) is 6.00. The first-order valence-corrected chi connectivity index (χ1v) is 8.55. The Kier molecular flexibility index (Phi) is 5.08. The number of nitrogens with one attached hydrogen (secondary N) is 2. The van der Waals surface area contributed by atoms with E-state index in [1.54, 1.807) is 26.0 Å². The molecule has 0 fully saturated rings. The predicted octanol–water partition coefficient (Wildman–Crippen LogP) is 1.94. The molecule has 0 unspecified atom stereocenters. The molecule has 10 heteroatoms. The van der Waals surface area contributed by atoms with Crippen molar-refractivity contribution in [1.29, 1.82) is 0 Å². The van der Waals surface area contributed by atoms with Crippen LogP contribution < -0.4 is 10.6 Å². The third-order valence-electron chi connectivity index (χ3n) is 3.34. The summed E-state index contributed by atoms with van der Waals surface area (Å²) >= 11 is 1.20. The normalized spacial score (nSPS) is 17.2. The van der Waals surface area contributed by atoms with E-state index < -0.39 is 12.0 Å². The quantitative estimate of drug-likeness (QED) is 0.589. The van der Waals surface area contributed by atoms with Crippen LogP contribution >= 0.6 is 11.8 Å². The van der Waals surface area contributed by atoms with Crippen molar-refractivity contribution >= 4 is 23.8 Å². The number of urea groups is 1. The first-order chi connectivity index (χ1) is 12.1. The van der Waals surface area contributed by atoms with Gasteiger partial charge in [-0.3, -0.25) is 0 Å². The van der Waals surface area contributed by atoms with Crippen LogP contribution in [0.25, 0.3) is 11.7 Å². The molecule has 0 saturated heterocycles. The highest BCUT2D eigenvalue weighted by atomic mass is 32.2. The second kappa shape index (κ2) is 7.43. The molecule has 3 heterocycles. The van der Waals surface area contributed by atoms with Crippen molar-refractivity contribution in [2.45, 2.75) is 25.1 Å². The number of amides is 2. The lowest BCUT2D eigenvalue weighted by atomic mass is 10.1. The van der Waals surface area contributed by atoms with E-state index in [2.05, 4.69) is 20.8 Å². The Balaban J connectivity index is 1.75. The summed E-state index contributed by atoms with van der Waals surface area (Å²) < 4.78 is 15.7. The van der Waals surface area contributed by atoms with Crippen molar-refractivity contribution in [3.05, 3.63) is 29.7 Å². The maximum absolute atomic E-state index is 12.2. The highest BCUT2D eigenvalue weighted by molar-refractivity contribution is 7.99. The average molecular weight is 364 g/mol. The van der Waals surface area contributed by atoms with Crippen LogP contribution in [0, 0.1) is 0 Å². The summed E-state index contributed by atoms with van der Waals surface area (Å²) in [5.74, 6) is 0.524. The molecular formula is C15H16N4O5S. The van der Waals surface area contributed by atoms with Crippen molar-refractivity contribution < 1.29 is 23.2 Å². The molecule has 1 aliphatic heterocycles. The molecule has 0 aromatic carbocycles. The van der Waals surface area contributed by atoms with Gasteiger partial charge in [-0.2, -0.15) is 0 Å². The van der Waals surface area contributed by atoms with Crippen LogP contribution in [0.4, 0.5) is 4.79 Å². The van der Waals surface area contributed by atoms with Crippen LogP contribution in [-0.2, 0) is 9.53 Å². The van der Waals surface area contributed by atoms with Gasteiger partial charge in [0.2, 0.25) is 0 Å². The van der Waals surface area contributed by atoms with Gasteiger partial charge in [-0.1, -0.05) is 11.8 Å². The SMILES string of the molecule is CCOC(=O)C1=C(CSc2nnc(-c3ccco3)o2)NC(=O)N[C@@H]1C. The number of furan rings is 1. The molecule has 9 nitrogen and oxygen atoms in total. The highest BCUT2D eigenvalue weighted by Gasteiger charge is 2.30. The van der Waals surface area contributed by atoms with Crippen molar-refractivity contribution in [3.8, 4) is 11.7 Å². The minimum atomic E-state index is -0.472. The van der Waals surface area contributed by atoms with Crippen molar-refractivity contribution in [2.75, 3.05) is 12.4 Å². The number of hydrogen-bond acceptors (Lipinski definition) is 8. The Labute approximate surface area is 147 Å². The number of rotatable bonds is 6. The van der Waals surface area contributed by atoms with E-state index >= 15 is 0 Å². The summed E-state index contributed by atoms with van der Waals surface area (Å²) in [6.45, 7) is 3.69. The predicted molar refractivity (Wildman–Crippen MR) is 87.5 cm³/mol. The molecular weight excluding hydrogens is 348 g/mol. The Morgan fingerprint density at radius 1 is 1.44 bits per heavy atom. The lowest BCUT2D eigenvalue weighted by Gasteiger charge is -2.26. The molecule has 0 bridgehead atoms. The molecule has 0 saturated carbocycles. The molecule has 1 atom stereocenters. The van der Waals surface area contributed by atoms with Crippen LogP contribution in [-0.4, -0.2) is 40.6 Å². The molecule has 2 aromatic rings. The fraction of sp³-hybridized carbons (Fsp3) is 0.333. The topological polar surface area (TPSA) is 119 Å². The van der Waals surface area contributed by atoms with E-state index in [1.807, 2.05) is 0 Å². The van der Waals surface area contributed by atoms with E-state index in [0.29, 0.717) is 22.3 Å². The summed E-state index contributed by atoms with van der Waals surface area (Å²) in [4.78, 5) is 23.9. The maximum Gasteiger partial charge on any atom is 0.337 e. The first-order valence-electron chi connectivity index (χ1n) is 7.56. The number of carbonyl (C=O) groups is 2. The maximum atomic E-state index is 12.2. The van der Waals surface area contributed by atoms with Crippen molar-refractivity contribution in [3.63, 3.8) is 0 Å². The van der Waals surface area contributed by atoms with Gasteiger partial charge < -0.3 is 24.2 Å². The molecule has 2 amide bonds. The van der Waals surface area contributed by atoms with Crippen LogP contribution in [0.2, 0.25) is 0 Å². The summed E-state index contributed by atoms with van der Waals surface area (Å²) in [7, 11) is 0. The van der Waals surface area contributed by atoms with Gasteiger partial charge in [-0.15, -0.1) is 10.2 Å². The third-order valence-corrected chi connectivity index (χ3v) is 4.19. The molecule has 0 aliphatic carbocycles. The Morgan fingerprint density at radius 3 is 3.00 bits per heavy atom. The molecule has 25 heavy (non-hydrogen) atoms. The van der Waals surface area contributed by atoms with E-state index in [9.17, 15) is 9.59 Å². The second-order valence-electron chi connectivity index (χ2n) is 5.07. The van der Waals surface area contributed by atoms with Crippen LogP contribution in [0.1, 0.15) is 13.8 Å². The summed E-state index contributed by atoms with van der Waals surface area (Å²) in [6, 6.07) is 2.59. The minimum Gasteiger partial charge on any atom is -0.463 e. The number of carbonyl (C=O) groups excluding carboxylic acids is 2. The lowest BCUT2D eigenvalue weighted by molar-refractivity contribution is -0.138. The fourth-order valence-electron chi connectivity index (χ4n) is 2.30. The number of hydrogen-bond donors (Lipinski definition) is 2. The van der Waals surface area contributed by atoms with E-state index in [0.717, 1.165) is 0 Å². The summed E-state index contributed by atoms with van der Waals surface area (Å²) in [6.07, 6.45) is 1.51. The largest absolute Gasteiger partial charge is 0.463 e. The molecule has 1 aliphatic rings. The van der Waals surface area contributed by atoms with Crippen molar-refractivity contribution in [2.24, 2.45) is 0 Å². The zero-order valence-corrected chi connectivity index (χ0v) is 14.4. The van der Waals surface area contributed by atoms with Crippen molar-refractivity contribution in [1.82, 2.24) is 20.8 Å². The van der Waals surface area contributed by atoms with Crippen LogP contribution in [0.15, 0.2) is 43.7 Å². The van der Waals surface area contributed by atoms with E-state index in [-0.39, 0.29) is 24.3 Å². The third kappa shape index (κ3) is 3.85. The number of ether oxygens (including phenoxy) is 1. The highest BCUT2D eigenvalue weighted by Crippen LogP contribution is 2.26. The Morgan fingerprint density at radius 2 is 2.28 bits per heavy atom. The smallest absolute Gasteiger partial charge is 0.337 e. The first kappa shape index (κ1) is 17.1. The van der Waals surface area contributed by atoms with Gasteiger partial charge in [0, 0.05) is 11.4 Å². The molecule has 2 aromatic heterocycles. The molecule has 2 N–H and O–H groups in total. The lowest BCUT2D eigenvalue weighted by Crippen LogP contribution is -2.49. The van der Waals surface area contributed by atoms with Crippen LogP contribution in [0.3, 0.4) is 0 Å². The van der Waals surface area contributed by atoms with Gasteiger partial charge in [0.05, 0.1) is 24.5 Å².